The van der Waals surface area contributed by atoms with Crippen molar-refractivity contribution >= 4 is 5.97 Å². The van der Waals surface area contributed by atoms with Gasteiger partial charge in [0.25, 0.3) is 0 Å². The van der Waals surface area contributed by atoms with Crippen LogP contribution >= 0.6 is 0 Å². The van der Waals surface area contributed by atoms with E-state index in [0.29, 0.717) is 12.5 Å². The Labute approximate surface area is 115 Å². The molecule has 0 aromatic heterocycles. The summed E-state index contributed by atoms with van der Waals surface area (Å²) in [5, 5.41) is 0. The number of allylic oxidation sites excluding steroid dienone is 1. The maximum atomic E-state index is 10.8. The van der Waals surface area contributed by atoms with E-state index in [0.717, 1.165) is 18.4 Å². The molecule has 0 saturated heterocycles. The van der Waals surface area contributed by atoms with Gasteiger partial charge >= 0.3 is 5.97 Å². The van der Waals surface area contributed by atoms with Gasteiger partial charge in [-0.2, -0.15) is 0 Å². The lowest BCUT2D eigenvalue weighted by atomic mass is 9.74. The SMILES string of the molecule is C=C1CCC(C)(c2ccc(COC(C)=O)cc2)C1C. The van der Waals surface area contributed by atoms with Gasteiger partial charge in [0.15, 0.2) is 0 Å². The fraction of sp³-hybridized carbons (Fsp3) is 0.471. The molecule has 2 rings (SSSR count). The van der Waals surface area contributed by atoms with Crippen molar-refractivity contribution in [1.29, 1.82) is 0 Å². The second-order valence-electron chi connectivity index (χ2n) is 5.77. The summed E-state index contributed by atoms with van der Waals surface area (Å²) in [7, 11) is 0. The Balaban J connectivity index is 2.14. The lowest BCUT2D eigenvalue weighted by Gasteiger charge is -2.30. The third kappa shape index (κ3) is 2.73. The molecule has 0 aliphatic heterocycles. The van der Waals surface area contributed by atoms with Crippen molar-refractivity contribution in [3.05, 3.63) is 47.5 Å². The van der Waals surface area contributed by atoms with Gasteiger partial charge in [0.05, 0.1) is 0 Å². The molecule has 1 aliphatic rings. The maximum absolute atomic E-state index is 10.8. The number of ether oxygens (including phenoxy) is 1. The van der Waals surface area contributed by atoms with Crippen molar-refractivity contribution in [2.75, 3.05) is 0 Å². The summed E-state index contributed by atoms with van der Waals surface area (Å²) in [6, 6.07) is 8.43. The summed E-state index contributed by atoms with van der Waals surface area (Å²) in [6.07, 6.45) is 2.28. The van der Waals surface area contributed by atoms with E-state index in [1.165, 1.54) is 18.1 Å². The first-order valence-electron chi connectivity index (χ1n) is 6.84. The average molecular weight is 258 g/mol. The molecule has 1 aromatic carbocycles. The standard InChI is InChI=1S/C17H22O2/c1-12-9-10-17(4,13(12)2)16-7-5-15(6-8-16)11-19-14(3)18/h5-8,13H,1,9-11H2,2-4H3. The van der Waals surface area contributed by atoms with Gasteiger partial charge in [0.2, 0.25) is 0 Å². The topological polar surface area (TPSA) is 26.3 Å². The average Bonchev–Trinajstić information content (AvgIpc) is 2.66. The molecule has 19 heavy (non-hydrogen) atoms. The van der Waals surface area contributed by atoms with Crippen LogP contribution < -0.4 is 0 Å². The molecular weight excluding hydrogens is 236 g/mol. The van der Waals surface area contributed by atoms with Crippen molar-refractivity contribution in [2.24, 2.45) is 5.92 Å². The molecule has 1 aliphatic carbocycles. The van der Waals surface area contributed by atoms with Crippen molar-refractivity contribution in [3.8, 4) is 0 Å². The summed E-state index contributed by atoms with van der Waals surface area (Å²) in [4.78, 5) is 10.8. The minimum atomic E-state index is -0.239. The molecule has 2 nitrogen and oxygen atoms in total. The highest BCUT2D eigenvalue weighted by molar-refractivity contribution is 5.65. The van der Waals surface area contributed by atoms with Gasteiger partial charge in [-0.05, 0) is 35.3 Å². The van der Waals surface area contributed by atoms with Gasteiger partial charge in [-0.1, -0.05) is 50.3 Å². The summed E-state index contributed by atoms with van der Waals surface area (Å²) in [5.74, 6) is 0.281. The summed E-state index contributed by atoms with van der Waals surface area (Å²) in [5.41, 5.74) is 3.93. The van der Waals surface area contributed by atoms with Gasteiger partial charge in [-0.25, -0.2) is 0 Å². The number of carbonyl (C=O) groups is 1. The van der Waals surface area contributed by atoms with Crippen LogP contribution in [0.4, 0.5) is 0 Å². The Morgan fingerprint density at radius 1 is 1.42 bits per heavy atom. The third-order valence-corrected chi connectivity index (χ3v) is 4.59. The Kier molecular flexibility index (Phi) is 3.79. The van der Waals surface area contributed by atoms with E-state index in [1.54, 1.807) is 0 Å². The number of benzene rings is 1. The van der Waals surface area contributed by atoms with Crippen LogP contribution in [0.25, 0.3) is 0 Å². The minimum absolute atomic E-state index is 0.192. The minimum Gasteiger partial charge on any atom is -0.461 e. The summed E-state index contributed by atoms with van der Waals surface area (Å²) < 4.78 is 5.00. The first-order chi connectivity index (χ1) is 8.93. The Bertz CT molecular complexity index is 486. The monoisotopic (exact) mass is 258 g/mol. The van der Waals surface area contributed by atoms with Gasteiger partial charge in [0, 0.05) is 6.92 Å². The molecule has 0 amide bonds. The van der Waals surface area contributed by atoms with Crippen LogP contribution in [-0.4, -0.2) is 5.97 Å². The molecule has 0 bridgehead atoms. The van der Waals surface area contributed by atoms with Gasteiger partial charge in [-0.3, -0.25) is 4.79 Å². The second kappa shape index (κ2) is 5.20. The third-order valence-electron chi connectivity index (χ3n) is 4.59. The highest BCUT2D eigenvalue weighted by Crippen LogP contribution is 2.47. The van der Waals surface area contributed by atoms with Gasteiger partial charge in [-0.15, -0.1) is 0 Å². The van der Waals surface area contributed by atoms with Crippen molar-refractivity contribution < 1.29 is 9.53 Å². The zero-order chi connectivity index (χ0) is 14.0. The number of carbonyl (C=O) groups excluding carboxylic acids is 1. The number of hydrogen-bond donors (Lipinski definition) is 0. The van der Waals surface area contributed by atoms with E-state index in [2.05, 4.69) is 44.7 Å². The van der Waals surface area contributed by atoms with Crippen LogP contribution in [-0.2, 0) is 21.6 Å². The summed E-state index contributed by atoms with van der Waals surface area (Å²) in [6.45, 7) is 10.5. The van der Waals surface area contributed by atoms with Crippen LogP contribution in [0.15, 0.2) is 36.4 Å². The Hall–Kier alpha value is -1.57. The lowest BCUT2D eigenvalue weighted by Crippen LogP contribution is -2.25. The fourth-order valence-electron chi connectivity index (χ4n) is 2.86. The van der Waals surface area contributed by atoms with E-state index >= 15 is 0 Å². The predicted molar refractivity (Wildman–Crippen MR) is 76.8 cm³/mol. The number of hydrogen-bond acceptors (Lipinski definition) is 2. The van der Waals surface area contributed by atoms with E-state index in [4.69, 9.17) is 4.74 Å². The molecule has 0 heterocycles. The quantitative estimate of drug-likeness (QED) is 0.605. The summed E-state index contributed by atoms with van der Waals surface area (Å²) >= 11 is 0. The molecule has 0 radical (unpaired) electrons. The first-order valence-corrected chi connectivity index (χ1v) is 6.84. The Morgan fingerprint density at radius 3 is 2.53 bits per heavy atom. The molecule has 2 atom stereocenters. The zero-order valence-electron chi connectivity index (χ0n) is 12.0. The lowest BCUT2D eigenvalue weighted by molar-refractivity contribution is -0.142. The van der Waals surface area contributed by atoms with Gasteiger partial charge < -0.3 is 4.74 Å². The molecule has 0 spiro atoms. The highest BCUT2D eigenvalue weighted by atomic mass is 16.5. The van der Waals surface area contributed by atoms with E-state index in [1.807, 2.05) is 0 Å². The van der Waals surface area contributed by atoms with Crippen molar-refractivity contribution in [2.45, 2.75) is 45.6 Å². The number of rotatable bonds is 3. The normalized spacial score (nSPS) is 26.5. The van der Waals surface area contributed by atoms with Crippen LogP contribution in [0.5, 0.6) is 0 Å². The smallest absolute Gasteiger partial charge is 0.302 e. The molecular formula is C17H22O2. The molecule has 102 valence electrons. The molecule has 1 aromatic rings. The predicted octanol–water partition coefficient (Wildman–Crippen LogP) is 3.99. The maximum Gasteiger partial charge on any atom is 0.302 e. The Morgan fingerprint density at radius 2 is 2.05 bits per heavy atom. The van der Waals surface area contributed by atoms with Gasteiger partial charge in [0.1, 0.15) is 6.61 Å². The van der Waals surface area contributed by atoms with Crippen LogP contribution in [0.2, 0.25) is 0 Å². The van der Waals surface area contributed by atoms with Crippen LogP contribution in [0, 0.1) is 5.92 Å². The van der Waals surface area contributed by atoms with E-state index < -0.39 is 0 Å². The molecule has 2 unspecified atom stereocenters. The van der Waals surface area contributed by atoms with E-state index in [-0.39, 0.29) is 11.4 Å². The van der Waals surface area contributed by atoms with E-state index in [9.17, 15) is 4.79 Å². The zero-order valence-corrected chi connectivity index (χ0v) is 12.0. The second-order valence-corrected chi connectivity index (χ2v) is 5.77. The largest absolute Gasteiger partial charge is 0.461 e. The molecule has 1 fully saturated rings. The molecule has 1 saturated carbocycles. The highest BCUT2D eigenvalue weighted by Gasteiger charge is 2.39. The van der Waals surface area contributed by atoms with Crippen molar-refractivity contribution in [1.82, 2.24) is 0 Å². The van der Waals surface area contributed by atoms with Crippen LogP contribution in [0.3, 0.4) is 0 Å². The van der Waals surface area contributed by atoms with Crippen LogP contribution in [0.1, 0.15) is 44.7 Å². The fourth-order valence-corrected chi connectivity index (χ4v) is 2.86. The van der Waals surface area contributed by atoms with Crippen molar-refractivity contribution in [3.63, 3.8) is 0 Å². The molecule has 2 heteroatoms. The molecule has 0 N–H and O–H groups in total. The number of esters is 1. The first kappa shape index (κ1) is 13.9.